The Bertz CT molecular complexity index is 3360. The first-order valence-corrected chi connectivity index (χ1v) is 35.9. The molecule has 0 spiro atoms. The van der Waals surface area contributed by atoms with Crippen LogP contribution in [0.2, 0.25) is 0 Å². The highest BCUT2D eigenvalue weighted by Gasteiger charge is 2.61. The van der Waals surface area contributed by atoms with Crippen LogP contribution in [0.25, 0.3) is 0 Å². The van der Waals surface area contributed by atoms with Gasteiger partial charge in [0.15, 0.2) is 0 Å². The van der Waals surface area contributed by atoms with Crippen molar-refractivity contribution < 1.29 is 86.8 Å². The Hall–Kier alpha value is -8.48. The van der Waals surface area contributed by atoms with E-state index in [9.17, 15) is 34.2 Å². The Morgan fingerprint density at radius 3 is 1.44 bits per heavy atom. The van der Waals surface area contributed by atoms with E-state index in [0.717, 1.165) is 55.2 Å². The van der Waals surface area contributed by atoms with Crippen LogP contribution in [0.1, 0.15) is 149 Å². The van der Waals surface area contributed by atoms with Crippen molar-refractivity contribution in [2.24, 2.45) is 41.4 Å². The molecule has 1 unspecified atom stereocenters. The van der Waals surface area contributed by atoms with Gasteiger partial charge in [-0.25, -0.2) is 0 Å². The first-order valence-electron chi connectivity index (χ1n) is 35.9. The zero-order valence-electron chi connectivity index (χ0n) is 66.2. The van der Waals surface area contributed by atoms with Crippen LogP contribution in [0.15, 0.2) is 24.3 Å². The Labute approximate surface area is 613 Å². The van der Waals surface area contributed by atoms with E-state index in [2.05, 4.69) is 16.0 Å². The molecule has 2 fully saturated rings. The summed E-state index contributed by atoms with van der Waals surface area (Å²) in [5.41, 5.74) is -3.19. The summed E-state index contributed by atoms with van der Waals surface area (Å²) >= 11 is 0. The molecule has 2 saturated heterocycles. The molecule has 4 rings (SSSR count). The number of nitrogens with one attached hydrogen (secondary N) is 3. The van der Waals surface area contributed by atoms with Crippen molar-refractivity contribution in [3.8, 4) is 0 Å². The molecule has 0 aromatic heterocycles. The van der Waals surface area contributed by atoms with Crippen LogP contribution in [0.3, 0.4) is 0 Å². The smallest absolute Gasteiger partial charge is 0.304 e. The van der Waals surface area contributed by atoms with Crippen molar-refractivity contribution in [2.45, 2.75) is 228 Å². The molecule has 31 nitrogen and oxygen atoms in total. The number of aliphatic hydroxyl groups is 2. The van der Waals surface area contributed by atoms with Gasteiger partial charge in [0.05, 0.1) is 18.7 Å². The summed E-state index contributed by atoms with van der Waals surface area (Å²) in [7, 11) is 11.5. The van der Waals surface area contributed by atoms with E-state index in [1.165, 1.54) is 93.9 Å². The summed E-state index contributed by atoms with van der Waals surface area (Å²) in [5.74, 6) is -17.4. The number of likely N-dealkylation sites (N-methyl/N-ethyl adjacent to an activating group) is 9. The van der Waals surface area contributed by atoms with Gasteiger partial charge in [0.25, 0.3) is 12.1 Å². The Morgan fingerprint density at radius 2 is 0.952 bits per heavy atom. The zero-order valence-corrected chi connectivity index (χ0v) is 66.2. The van der Waals surface area contributed by atoms with E-state index in [4.69, 9.17) is 9.47 Å². The maximum absolute atomic E-state index is 15.5. The van der Waals surface area contributed by atoms with Gasteiger partial charge in [-0.3, -0.25) is 67.1 Å². The molecule has 0 radical (unpaired) electrons. The van der Waals surface area contributed by atoms with Crippen LogP contribution in [-0.2, 0) is 82.2 Å². The molecular formula is C73H119N13O18. The lowest BCUT2D eigenvalue weighted by Crippen LogP contribution is -2.65. The molecule has 104 heavy (non-hydrogen) atoms. The molecule has 3 heterocycles. The minimum Gasteiger partial charge on any atom is -0.462 e. The van der Waals surface area contributed by atoms with Gasteiger partial charge in [0.2, 0.25) is 65.0 Å². The SMILES string of the molecule is CC[C@H](C)[C@@H]1NC(=O)[C@H](C(C)C)N(C)C(=O)[C@@H]2C[C@@]3(O)c4ccccc4N[C@H]3N2C(=O)CN(C)C(=O)[C@H]([C@@H](C)CC)N(C)C(=O)[C@H](C(C)C)NC(=O)[C@@H](OC(C)=O)N(C)C(=O)[C@H]([C@@H](C)C(C)OC(C)=O)N(C)C(=O)[C@H](C(C)(C)O)N(C)C(=O)CN(C)C(=O)[C@H](C(C)C)N(C)C(=O)[C@H](C(C)C)N(C)C1=O. The van der Waals surface area contributed by atoms with Crippen molar-refractivity contribution >= 4 is 88.5 Å². The summed E-state index contributed by atoms with van der Waals surface area (Å²) in [6.45, 7) is 26.2. The molecule has 584 valence electrons. The van der Waals surface area contributed by atoms with Crippen molar-refractivity contribution in [3.05, 3.63) is 29.8 Å². The number of anilines is 1. The zero-order chi connectivity index (χ0) is 79.9. The van der Waals surface area contributed by atoms with E-state index in [1.54, 1.807) is 107 Å². The van der Waals surface area contributed by atoms with Crippen molar-refractivity contribution in [1.82, 2.24) is 59.6 Å². The lowest BCUT2D eigenvalue weighted by atomic mass is 9.90. The normalized spacial score (nSPS) is 28.1. The fourth-order valence-electron chi connectivity index (χ4n) is 14.6. The number of benzene rings is 1. The molecule has 16 atom stereocenters. The quantitative estimate of drug-likeness (QED) is 0.175. The van der Waals surface area contributed by atoms with Gasteiger partial charge in [0, 0.05) is 101 Å². The second-order valence-electron chi connectivity index (χ2n) is 30.8. The first-order chi connectivity index (χ1) is 47.9. The second kappa shape index (κ2) is 35.5. The number of amides is 12. The number of esters is 2. The van der Waals surface area contributed by atoms with E-state index >= 15 is 43.2 Å². The molecule has 3 aliphatic heterocycles. The number of nitrogens with zero attached hydrogens (tertiary/aromatic N) is 10. The van der Waals surface area contributed by atoms with Crippen LogP contribution in [0.4, 0.5) is 5.69 Å². The van der Waals surface area contributed by atoms with Gasteiger partial charge in [-0.05, 0) is 62.3 Å². The van der Waals surface area contributed by atoms with Gasteiger partial charge in [-0.2, -0.15) is 0 Å². The summed E-state index contributed by atoms with van der Waals surface area (Å²) in [4.78, 5) is 218. The van der Waals surface area contributed by atoms with Gasteiger partial charge >= 0.3 is 11.9 Å². The summed E-state index contributed by atoms with van der Waals surface area (Å²) < 4.78 is 11.1. The number of carbonyl (C=O) groups excluding carboxylic acids is 14. The van der Waals surface area contributed by atoms with Gasteiger partial charge in [-0.15, -0.1) is 0 Å². The maximum Gasteiger partial charge on any atom is 0.304 e. The minimum absolute atomic E-state index is 0.290. The third-order valence-corrected chi connectivity index (χ3v) is 21.0. The van der Waals surface area contributed by atoms with Gasteiger partial charge in [-0.1, -0.05) is 121 Å². The molecule has 12 amide bonds. The number of rotatable bonds is 13. The third kappa shape index (κ3) is 19.0. The summed E-state index contributed by atoms with van der Waals surface area (Å²) in [6, 6.07) is -6.47. The molecule has 5 N–H and O–H groups in total. The predicted octanol–water partition coefficient (Wildman–Crippen LogP) is 1.51. The Morgan fingerprint density at radius 1 is 0.510 bits per heavy atom. The van der Waals surface area contributed by atoms with Crippen LogP contribution >= 0.6 is 0 Å². The third-order valence-electron chi connectivity index (χ3n) is 21.0. The van der Waals surface area contributed by atoms with E-state index in [1.807, 2.05) is 0 Å². The number of para-hydroxylation sites is 1. The number of carbonyl (C=O) groups is 14. The lowest BCUT2D eigenvalue weighted by Gasteiger charge is -2.43. The lowest BCUT2D eigenvalue weighted by molar-refractivity contribution is -0.175. The molecule has 3 aliphatic rings. The van der Waals surface area contributed by atoms with Crippen LogP contribution in [0.5, 0.6) is 0 Å². The van der Waals surface area contributed by atoms with Crippen molar-refractivity contribution in [3.63, 3.8) is 0 Å². The Balaban J connectivity index is 2.03. The number of hydrogen-bond acceptors (Lipinski definition) is 19. The maximum atomic E-state index is 15.5. The van der Waals surface area contributed by atoms with Crippen LogP contribution in [-0.4, -0.2) is 297 Å². The van der Waals surface area contributed by atoms with Crippen LogP contribution < -0.4 is 16.0 Å². The van der Waals surface area contributed by atoms with Crippen molar-refractivity contribution in [2.75, 3.05) is 81.8 Å². The second-order valence-corrected chi connectivity index (χ2v) is 30.8. The Kier molecular flexibility index (Phi) is 30.0. The fraction of sp³-hybridized carbons (Fsp3) is 0.726. The fourth-order valence-corrected chi connectivity index (χ4v) is 14.6. The van der Waals surface area contributed by atoms with Crippen molar-refractivity contribution in [1.29, 1.82) is 0 Å². The monoisotopic (exact) mass is 1470 g/mol. The van der Waals surface area contributed by atoms with Gasteiger partial charge < -0.3 is 84.6 Å². The predicted molar refractivity (Wildman–Crippen MR) is 385 cm³/mol. The number of hydrogen-bond donors (Lipinski definition) is 5. The summed E-state index contributed by atoms with van der Waals surface area (Å²) in [5, 5.41) is 33.4. The molecule has 0 aliphatic carbocycles. The first kappa shape index (κ1) is 87.9. The standard InChI is InChI=1S/C73H119N13O18/c1-28-41(11)53-64(95)81(23)56(40(9)10)67(98)82(24)55(39(7)8)65(96)77(19)35-50(89)79(21)59(72(17,18)101)69(100)84(26)58(43(13)44(14)103-45(15)87)68(99)85(27)70(104-46(16)88)61(92)75-52(37(3)4)63(94)83(25)57(42(12)29-2)66(97)78(20)36-51(90)86-49(62(93)80(22)54(38(5)6)60(91)76-53)34-73(102)47-32-30-31-33-48(47)74-71(73)86/h30-33,37-44,49,52-59,70-71,74,101-102H,28-29,34-36H2,1-27H3,(H,75,92)(H,76,91)/t41-,42-,43-,44?,49-,52-,53-,54-,55-,56-,57-,58-,59+,70+,71-,73+/m0/s1. The number of ether oxygens (including phenoxy) is 2. The number of fused-ring (bicyclic) bond motifs is 5. The topological polar surface area (TPSA) is 366 Å². The summed E-state index contributed by atoms with van der Waals surface area (Å²) in [6.07, 6.45) is -4.41. The van der Waals surface area contributed by atoms with E-state index < -0.39 is 221 Å². The molecule has 0 saturated carbocycles. The van der Waals surface area contributed by atoms with E-state index in [-0.39, 0.29) is 6.42 Å². The highest BCUT2D eigenvalue weighted by molar-refractivity contribution is 6.00. The molecule has 31 heteroatoms. The highest BCUT2D eigenvalue weighted by atomic mass is 16.6. The minimum atomic E-state index is -2.20. The molecular weight excluding hydrogens is 1350 g/mol. The molecule has 0 bridgehead atoms. The van der Waals surface area contributed by atoms with Crippen LogP contribution in [0, 0.1) is 41.4 Å². The van der Waals surface area contributed by atoms with Gasteiger partial charge in [0.1, 0.15) is 72.2 Å². The molecule has 1 aromatic rings. The average molecular weight is 1470 g/mol. The molecule has 1 aromatic carbocycles. The average Bonchev–Trinajstić information content (AvgIpc) is 1.55. The largest absolute Gasteiger partial charge is 0.462 e. The van der Waals surface area contributed by atoms with E-state index in [0.29, 0.717) is 29.0 Å². The highest BCUT2D eigenvalue weighted by Crippen LogP contribution is 2.50.